The summed E-state index contributed by atoms with van der Waals surface area (Å²) >= 11 is 0. The van der Waals surface area contributed by atoms with Gasteiger partial charge >= 0.3 is 5.97 Å². The molecular weight excluding hydrogens is 366 g/mol. The highest BCUT2D eigenvalue weighted by Gasteiger charge is 2.25. The van der Waals surface area contributed by atoms with Crippen LogP contribution in [-0.2, 0) is 9.53 Å². The highest BCUT2D eigenvalue weighted by Crippen LogP contribution is 2.30. The van der Waals surface area contributed by atoms with E-state index in [1.54, 1.807) is 19.9 Å². The number of carbonyl (C=O) groups is 2. The second kappa shape index (κ2) is 7.81. The Balaban J connectivity index is 2.05. The van der Waals surface area contributed by atoms with Crippen molar-refractivity contribution in [3.63, 3.8) is 0 Å². The Labute approximate surface area is 160 Å². The second-order valence-electron chi connectivity index (χ2n) is 6.48. The number of carbonyl (C=O) groups excluding carboxylic acids is 1. The third-order valence-electron chi connectivity index (χ3n) is 4.39. The Bertz CT molecular complexity index is 1040. The number of furan rings is 1. The molecule has 9 nitrogen and oxygen atoms in total. The molecule has 3 rings (SSSR count). The number of carboxylic acid groups (broad SMARTS) is 1. The van der Waals surface area contributed by atoms with E-state index >= 15 is 0 Å². The maximum absolute atomic E-state index is 12.9. The maximum atomic E-state index is 12.9. The molecule has 0 fully saturated rings. The highest BCUT2D eigenvalue weighted by atomic mass is 16.5. The van der Waals surface area contributed by atoms with Crippen LogP contribution in [-0.4, -0.2) is 46.9 Å². The smallest absolute Gasteiger partial charge is 0.326 e. The molecule has 0 aliphatic rings. The Morgan fingerprint density at radius 2 is 2.04 bits per heavy atom. The Morgan fingerprint density at radius 1 is 1.29 bits per heavy atom. The van der Waals surface area contributed by atoms with E-state index in [1.165, 1.54) is 7.11 Å². The van der Waals surface area contributed by atoms with Gasteiger partial charge in [-0.3, -0.25) is 4.79 Å². The van der Waals surface area contributed by atoms with Gasteiger partial charge in [0.15, 0.2) is 0 Å². The van der Waals surface area contributed by atoms with Crippen LogP contribution < -0.4 is 5.32 Å². The fourth-order valence-corrected chi connectivity index (χ4v) is 3.03. The first-order chi connectivity index (χ1) is 13.3. The molecule has 1 unspecified atom stereocenters. The number of rotatable bonds is 7. The maximum Gasteiger partial charge on any atom is 0.326 e. The van der Waals surface area contributed by atoms with E-state index in [4.69, 9.17) is 13.7 Å². The van der Waals surface area contributed by atoms with Crippen LogP contribution in [0.5, 0.6) is 0 Å². The molecule has 0 aliphatic heterocycles. The molecule has 0 saturated carbocycles. The van der Waals surface area contributed by atoms with Gasteiger partial charge in [-0.1, -0.05) is 5.16 Å². The number of fused-ring (bicyclic) bond motifs is 1. The van der Waals surface area contributed by atoms with Gasteiger partial charge in [0, 0.05) is 25.7 Å². The second-order valence-corrected chi connectivity index (χ2v) is 6.48. The van der Waals surface area contributed by atoms with Gasteiger partial charge in [-0.05, 0) is 32.9 Å². The van der Waals surface area contributed by atoms with Crippen molar-refractivity contribution in [2.24, 2.45) is 0 Å². The quantitative estimate of drug-likeness (QED) is 0.633. The van der Waals surface area contributed by atoms with Crippen molar-refractivity contribution >= 4 is 23.0 Å². The van der Waals surface area contributed by atoms with E-state index in [0.717, 1.165) is 5.56 Å². The molecule has 0 spiro atoms. The molecule has 9 heteroatoms. The summed E-state index contributed by atoms with van der Waals surface area (Å²) in [5.74, 6) is -0.337. The van der Waals surface area contributed by atoms with Crippen LogP contribution in [0.15, 0.2) is 21.1 Å². The third kappa shape index (κ3) is 3.74. The molecule has 0 aromatic carbocycles. The molecule has 3 aromatic rings. The first kappa shape index (κ1) is 19.6. The molecular formula is C19H21N3O6. The van der Waals surface area contributed by atoms with Crippen molar-refractivity contribution in [3.05, 3.63) is 34.9 Å². The summed E-state index contributed by atoms with van der Waals surface area (Å²) in [6.45, 7) is 5.50. The Morgan fingerprint density at radius 3 is 2.64 bits per heavy atom. The molecule has 3 aromatic heterocycles. The minimum absolute atomic E-state index is 0.140. The van der Waals surface area contributed by atoms with Crippen molar-refractivity contribution < 1.29 is 28.4 Å². The number of nitrogens with zero attached hydrogens (tertiary/aromatic N) is 2. The van der Waals surface area contributed by atoms with Crippen LogP contribution in [0.25, 0.3) is 22.4 Å². The van der Waals surface area contributed by atoms with Gasteiger partial charge < -0.3 is 24.1 Å². The number of aromatic nitrogens is 2. The number of hydrogen-bond acceptors (Lipinski definition) is 7. The summed E-state index contributed by atoms with van der Waals surface area (Å²) in [6, 6.07) is 2.32. The van der Waals surface area contributed by atoms with Crippen LogP contribution >= 0.6 is 0 Å². The van der Waals surface area contributed by atoms with Crippen molar-refractivity contribution in [1.29, 1.82) is 0 Å². The lowest BCUT2D eigenvalue weighted by Gasteiger charge is -2.14. The first-order valence-corrected chi connectivity index (χ1v) is 8.68. The van der Waals surface area contributed by atoms with Crippen LogP contribution in [0.1, 0.15) is 34.0 Å². The largest absolute Gasteiger partial charge is 0.480 e. The van der Waals surface area contributed by atoms with E-state index in [2.05, 4.69) is 15.5 Å². The summed E-state index contributed by atoms with van der Waals surface area (Å²) < 4.78 is 15.7. The van der Waals surface area contributed by atoms with Gasteiger partial charge in [0.2, 0.25) is 0 Å². The van der Waals surface area contributed by atoms with Gasteiger partial charge in [0.1, 0.15) is 17.6 Å². The van der Waals surface area contributed by atoms with E-state index in [1.807, 2.05) is 13.0 Å². The van der Waals surface area contributed by atoms with Gasteiger partial charge in [0.05, 0.1) is 22.3 Å². The lowest BCUT2D eigenvalue weighted by Crippen LogP contribution is -2.41. The van der Waals surface area contributed by atoms with Crippen LogP contribution in [0, 0.1) is 20.8 Å². The molecule has 0 bridgehead atoms. The van der Waals surface area contributed by atoms with Crippen molar-refractivity contribution in [2.75, 3.05) is 13.7 Å². The van der Waals surface area contributed by atoms with Crippen molar-refractivity contribution in [3.8, 4) is 11.3 Å². The molecule has 1 amide bonds. The number of methoxy groups -OCH3 is 1. The molecule has 1 atom stereocenters. The number of nitrogens with one attached hydrogen (secondary N) is 1. The molecule has 28 heavy (non-hydrogen) atoms. The normalized spacial score (nSPS) is 12.3. The van der Waals surface area contributed by atoms with Crippen molar-refractivity contribution in [1.82, 2.24) is 15.5 Å². The van der Waals surface area contributed by atoms with Gasteiger partial charge in [0.25, 0.3) is 11.6 Å². The first-order valence-electron chi connectivity index (χ1n) is 8.68. The summed E-state index contributed by atoms with van der Waals surface area (Å²) in [7, 11) is 1.47. The summed E-state index contributed by atoms with van der Waals surface area (Å²) in [5.41, 5.74) is 2.12. The lowest BCUT2D eigenvalue weighted by molar-refractivity contribution is -0.139. The fourth-order valence-electron chi connectivity index (χ4n) is 3.03. The zero-order valence-corrected chi connectivity index (χ0v) is 16.0. The van der Waals surface area contributed by atoms with Gasteiger partial charge in [-0.25, -0.2) is 9.78 Å². The molecule has 0 aliphatic carbocycles. The molecule has 0 saturated heterocycles. The third-order valence-corrected chi connectivity index (χ3v) is 4.39. The predicted molar refractivity (Wildman–Crippen MR) is 99.1 cm³/mol. The number of ether oxygens (including phenoxy) is 1. The predicted octanol–water partition coefficient (Wildman–Crippen LogP) is 2.63. The Kier molecular flexibility index (Phi) is 5.46. The van der Waals surface area contributed by atoms with Crippen LogP contribution in [0.2, 0.25) is 0 Å². The van der Waals surface area contributed by atoms with Crippen LogP contribution in [0.3, 0.4) is 0 Å². The van der Waals surface area contributed by atoms with E-state index in [0.29, 0.717) is 28.3 Å². The lowest BCUT2D eigenvalue weighted by atomic mass is 10.0. The van der Waals surface area contributed by atoms with Gasteiger partial charge in [-0.15, -0.1) is 0 Å². The molecule has 148 valence electrons. The average Bonchev–Trinajstić information content (AvgIpc) is 3.19. The minimum atomic E-state index is -1.14. The topological polar surface area (TPSA) is 128 Å². The molecule has 3 heterocycles. The van der Waals surface area contributed by atoms with Crippen LogP contribution in [0.4, 0.5) is 0 Å². The standard InChI is InChI=1S/C19H21N3O6/c1-9-7-12(11(3)27-9)15-8-13(16-10(2)22-28-18(16)21-15)17(23)20-14(19(24)25)5-6-26-4/h7-8,14H,5-6H2,1-4H3,(H,20,23)(H,24,25). The number of aryl methyl sites for hydroxylation is 3. The summed E-state index contributed by atoms with van der Waals surface area (Å²) in [5, 5.41) is 16.2. The number of pyridine rings is 1. The SMILES string of the molecule is COCCC(NC(=O)c1cc(-c2cc(C)oc2C)nc2onc(C)c12)C(=O)O. The monoisotopic (exact) mass is 387 g/mol. The van der Waals surface area contributed by atoms with Gasteiger partial charge in [-0.2, -0.15) is 0 Å². The fraction of sp³-hybridized carbons (Fsp3) is 0.368. The number of carboxylic acids is 1. The van der Waals surface area contributed by atoms with E-state index in [-0.39, 0.29) is 24.3 Å². The zero-order chi connectivity index (χ0) is 20.4. The Hall–Kier alpha value is -3.20. The number of aliphatic carboxylic acids is 1. The van der Waals surface area contributed by atoms with Crippen molar-refractivity contribution in [2.45, 2.75) is 33.2 Å². The number of amides is 1. The highest BCUT2D eigenvalue weighted by molar-refractivity contribution is 6.08. The summed E-state index contributed by atoms with van der Waals surface area (Å²) in [4.78, 5) is 28.8. The molecule has 2 N–H and O–H groups in total. The minimum Gasteiger partial charge on any atom is -0.480 e. The number of hydrogen-bond donors (Lipinski definition) is 2. The average molecular weight is 387 g/mol. The van der Waals surface area contributed by atoms with E-state index in [9.17, 15) is 14.7 Å². The molecule has 0 radical (unpaired) electrons. The van der Waals surface area contributed by atoms with E-state index < -0.39 is 17.9 Å². The zero-order valence-electron chi connectivity index (χ0n) is 16.0. The summed E-state index contributed by atoms with van der Waals surface area (Å²) in [6.07, 6.45) is 0.140.